The van der Waals surface area contributed by atoms with Crippen molar-refractivity contribution in [2.24, 2.45) is 0 Å². The van der Waals surface area contributed by atoms with Gasteiger partial charge in [0.1, 0.15) is 24.7 Å². The molecule has 0 unspecified atom stereocenters. The fraction of sp³-hybridized carbons (Fsp3) is 0.308. The van der Waals surface area contributed by atoms with E-state index < -0.39 is 11.7 Å². The Morgan fingerprint density at radius 1 is 1.12 bits per heavy atom. The molecule has 8 heteroatoms. The van der Waals surface area contributed by atoms with Crippen LogP contribution in [0.1, 0.15) is 39.7 Å². The average Bonchev–Trinajstić information content (AvgIpc) is 3.57. The Bertz CT molecular complexity index is 1190. The standard InChI is InChI=1S/C26H24ClFN2O3S/c27-17-5-9-19(10-6-17)33-16-23-21-12-14-34-24(21)11-13-29(23)25(31)15-30(18-7-8-18)26(32)20-3-1-2-4-22(20)28/h1-6,9-10,12,14,18,23H,7-8,11,13,15-16H2/t23-/m0/s1. The Kier molecular flexibility index (Phi) is 6.57. The molecular weight excluding hydrogens is 475 g/mol. The van der Waals surface area contributed by atoms with E-state index in [9.17, 15) is 14.0 Å². The van der Waals surface area contributed by atoms with E-state index in [2.05, 4.69) is 0 Å². The number of fused-ring (bicyclic) bond motifs is 1. The maximum absolute atomic E-state index is 14.3. The highest BCUT2D eigenvalue weighted by atomic mass is 35.5. The molecule has 1 aromatic heterocycles. The molecule has 0 saturated heterocycles. The lowest BCUT2D eigenvalue weighted by molar-refractivity contribution is -0.135. The van der Waals surface area contributed by atoms with Crippen LogP contribution < -0.4 is 4.74 Å². The molecule has 3 aromatic rings. The molecule has 34 heavy (non-hydrogen) atoms. The number of benzene rings is 2. The first-order valence-corrected chi connectivity index (χ1v) is 12.6. The summed E-state index contributed by atoms with van der Waals surface area (Å²) in [6.07, 6.45) is 2.41. The van der Waals surface area contributed by atoms with Crippen molar-refractivity contribution in [3.05, 3.63) is 86.8 Å². The van der Waals surface area contributed by atoms with Gasteiger partial charge in [0.15, 0.2) is 0 Å². The summed E-state index contributed by atoms with van der Waals surface area (Å²) in [6.45, 7) is 0.768. The largest absolute Gasteiger partial charge is 0.491 e. The molecular formula is C26H24ClFN2O3S. The number of nitrogens with zero attached hydrogens (tertiary/aromatic N) is 2. The number of halogens is 2. The van der Waals surface area contributed by atoms with Gasteiger partial charge in [0.05, 0.1) is 11.6 Å². The summed E-state index contributed by atoms with van der Waals surface area (Å²) in [5.74, 6) is -0.483. The van der Waals surface area contributed by atoms with Crippen molar-refractivity contribution in [2.45, 2.75) is 31.3 Å². The van der Waals surface area contributed by atoms with Crippen LogP contribution in [0.25, 0.3) is 0 Å². The molecule has 2 aromatic carbocycles. The van der Waals surface area contributed by atoms with E-state index in [-0.39, 0.29) is 30.1 Å². The molecule has 1 aliphatic heterocycles. The van der Waals surface area contributed by atoms with E-state index in [4.69, 9.17) is 16.3 Å². The molecule has 5 rings (SSSR count). The Morgan fingerprint density at radius 3 is 2.62 bits per heavy atom. The van der Waals surface area contributed by atoms with Crippen LogP contribution >= 0.6 is 22.9 Å². The van der Waals surface area contributed by atoms with Crippen molar-refractivity contribution in [3.8, 4) is 5.75 Å². The summed E-state index contributed by atoms with van der Waals surface area (Å²) in [5, 5.41) is 2.66. The second-order valence-corrected chi connectivity index (χ2v) is 10.00. The third-order valence-corrected chi connectivity index (χ3v) is 7.54. The first kappa shape index (κ1) is 22.9. The van der Waals surface area contributed by atoms with Crippen LogP contribution in [0, 0.1) is 5.82 Å². The van der Waals surface area contributed by atoms with Crippen LogP contribution in [-0.4, -0.2) is 47.4 Å². The highest BCUT2D eigenvalue weighted by molar-refractivity contribution is 7.10. The van der Waals surface area contributed by atoms with Crippen LogP contribution in [0.5, 0.6) is 5.75 Å². The fourth-order valence-electron chi connectivity index (χ4n) is 4.36. The Hall–Kier alpha value is -2.90. The fourth-order valence-corrected chi connectivity index (χ4v) is 5.41. The van der Waals surface area contributed by atoms with Crippen LogP contribution in [0.15, 0.2) is 60.0 Å². The monoisotopic (exact) mass is 498 g/mol. The van der Waals surface area contributed by atoms with Crippen molar-refractivity contribution >= 4 is 34.8 Å². The average molecular weight is 499 g/mol. The zero-order chi connectivity index (χ0) is 23.7. The number of ether oxygens (including phenoxy) is 1. The molecule has 0 bridgehead atoms. The van der Waals surface area contributed by atoms with Gasteiger partial charge in [-0.2, -0.15) is 0 Å². The van der Waals surface area contributed by atoms with Gasteiger partial charge in [-0.15, -0.1) is 11.3 Å². The molecule has 5 nitrogen and oxygen atoms in total. The van der Waals surface area contributed by atoms with Crippen LogP contribution in [0.3, 0.4) is 0 Å². The first-order chi connectivity index (χ1) is 16.5. The minimum Gasteiger partial charge on any atom is -0.491 e. The van der Waals surface area contributed by atoms with E-state index >= 15 is 0 Å². The summed E-state index contributed by atoms with van der Waals surface area (Å²) in [6, 6.07) is 14.8. The van der Waals surface area contributed by atoms with E-state index in [1.54, 1.807) is 52.6 Å². The van der Waals surface area contributed by atoms with Gasteiger partial charge < -0.3 is 14.5 Å². The van der Waals surface area contributed by atoms with Gasteiger partial charge in [0, 0.05) is 22.5 Å². The number of hydrogen-bond acceptors (Lipinski definition) is 4. The molecule has 2 heterocycles. The Morgan fingerprint density at radius 2 is 1.88 bits per heavy atom. The predicted molar refractivity (Wildman–Crippen MR) is 130 cm³/mol. The smallest absolute Gasteiger partial charge is 0.257 e. The number of thiophene rings is 1. The Balaban J connectivity index is 1.34. The molecule has 1 fully saturated rings. The van der Waals surface area contributed by atoms with E-state index in [0.717, 1.165) is 24.8 Å². The molecule has 2 amide bonds. The number of carbonyl (C=O) groups is 2. The third-order valence-electron chi connectivity index (χ3n) is 6.30. The van der Waals surface area contributed by atoms with Crippen molar-refractivity contribution in [3.63, 3.8) is 0 Å². The van der Waals surface area contributed by atoms with Crippen LogP contribution in [0.4, 0.5) is 4.39 Å². The van der Waals surface area contributed by atoms with E-state index in [1.165, 1.54) is 21.9 Å². The van der Waals surface area contributed by atoms with Crippen molar-refractivity contribution < 1.29 is 18.7 Å². The zero-order valence-corrected chi connectivity index (χ0v) is 20.0. The quantitative estimate of drug-likeness (QED) is 0.441. The normalized spacial score (nSPS) is 17.2. The molecule has 176 valence electrons. The molecule has 0 radical (unpaired) electrons. The lowest BCUT2D eigenvalue weighted by Gasteiger charge is -2.37. The number of hydrogen-bond donors (Lipinski definition) is 0. The molecule has 0 N–H and O–H groups in total. The molecule has 2 aliphatic rings. The van der Waals surface area contributed by atoms with Gasteiger partial charge in [0.25, 0.3) is 5.91 Å². The van der Waals surface area contributed by atoms with Gasteiger partial charge in [-0.1, -0.05) is 23.7 Å². The summed E-state index contributed by atoms with van der Waals surface area (Å²) in [5.41, 5.74) is 1.08. The summed E-state index contributed by atoms with van der Waals surface area (Å²) in [7, 11) is 0. The number of amides is 2. The molecule has 1 atom stereocenters. The second kappa shape index (κ2) is 9.76. The van der Waals surface area contributed by atoms with Gasteiger partial charge in [-0.3, -0.25) is 9.59 Å². The SMILES string of the molecule is O=C(c1ccccc1F)N(CC(=O)N1CCc2sccc2[C@@H]1COc1ccc(Cl)cc1)C1CC1. The minimum atomic E-state index is -0.569. The number of carbonyl (C=O) groups excluding carboxylic acids is 2. The molecule has 0 spiro atoms. The van der Waals surface area contributed by atoms with Gasteiger partial charge in [-0.05, 0) is 72.7 Å². The lowest BCUT2D eigenvalue weighted by atomic mass is 10.0. The molecule has 1 aliphatic carbocycles. The highest BCUT2D eigenvalue weighted by Crippen LogP contribution is 2.35. The van der Waals surface area contributed by atoms with E-state index in [0.29, 0.717) is 23.9 Å². The number of rotatable bonds is 7. The lowest BCUT2D eigenvalue weighted by Crippen LogP contribution is -2.48. The molecule has 1 saturated carbocycles. The van der Waals surface area contributed by atoms with Crippen molar-refractivity contribution in [1.29, 1.82) is 0 Å². The van der Waals surface area contributed by atoms with E-state index in [1.807, 2.05) is 11.4 Å². The van der Waals surface area contributed by atoms with Gasteiger partial charge in [-0.25, -0.2) is 4.39 Å². The second-order valence-electron chi connectivity index (χ2n) is 8.56. The predicted octanol–water partition coefficient (Wildman–Crippen LogP) is 5.35. The summed E-state index contributed by atoms with van der Waals surface area (Å²) >= 11 is 7.66. The third kappa shape index (κ3) is 4.81. The maximum atomic E-state index is 14.3. The van der Waals surface area contributed by atoms with Crippen LogP contribution in [-0.2, 0) is 11.2 Å². The van der Waals surface area contributed by atoms with Crippen molar-refractivity contribution in [1.82, 2.24) is 9.80 Å². The Labute approximate surface area is 206 Å². The summed E-state index contributed by atoms with van der Waals surface area (Å²) in [4.78, 5) is 31.2. The summed E-state index contributed by atoms with van der Waals surface area (Å²) < 4.78 is 20.3. The maximum Gasteiger partial charge on any atom is 0.257 e. The van der Waals surface area contributed by atoms with Crippen molar-refractivity contribution in [2.75, 3.05) is 19.7 Å². The van der Waals surface area contributed by atoms with Gasteiger partial charge in [0.2, 0.25) is 5.91 Å². The topological polar surface area (TPSA) is 49.9 Å². The van der Waals surface area contributed by atoms with Gasteiger partial charge >= 0.3 is 0 Å². The first-order valence-electron chi connectivity index (χ1n) is 11.3. The zero-order valence-electron chi connectivity index (χ0n) is 18.5. The highest BCUT2D eigenvalue weighted by Gasteiger charge is 2.38. The van der Waals surface area contributed by atoms with Crippen LogP contribution in [0.2, 0.25) is 5.02 Å². The minimum absolute atomic E-state index is 0.00332.